The van der Waals surface area contributed by atoms with Crippen LogP contribution in [-0.2, 0) is 0 Å². The molecule has 0 aromatic carbocycles. The van der Waals surface area contributed by atoms with Crippen LogP contribution in [0.5, 0.6) is 5.75 Å². The molecule has 96 valence electrons. The maximum Gasteiger partial charge on any atom is 0.295 e. The molecule has 6 nitrogen and oxygen atoms in total. The number of H-pyrrole nitrogens is 1. The highest BCUT2D eigenvalue weighted by molar-refractivity contribution is 5.48. The predicted octanol–water partition coefficient (Wildman–Crippen LogP) is 0.597. The van der Waals surface area contributed by atoms with Gasteiger partial charge in [-0.2, -0.15) is 0 Å². The minimum absolute atomic E-state index is 0.0180. The number of hydrogen-bond donors (Lipinski definition) is 3. The smallest absolute Gasteiger partial charge is 0.295 e. The molecule has 1 rings (SSSR count). The maximum absolute atomic E-state index is 11.4. The first-order valence-electron chi connectivity index (χ1n) is 5.57. The van der Waals surface area contributed by atoms with Crippen LogP contribution in [-0.4, -0.2) is 34.8 Å². The Morgan fingerprint density at radius 2 is 2.29 bits per heavy atom. The minimum Gasteiger partial charge on any atom is -0.489 e. The Kier molecular flexibility index (Phi) is 4.96. The average Bonchev–Trinajstić information content (AvgIpc) is 2.28. The second kappa shape index (κ2) is 6.24. The van der Waals surface area contributed by atoms with Gasteiger partial charge in [0.2, 0.25) is 5.75 Å². The first-order chi connectivity index (χ1) is 8.08. The highest BCUT2D eigenvalue weighted by Gasteiger charge is 2.15. The molecule has 0 radical (unpaired) electrons. The van der Waals surface area contributed by atoms with E-state index in [1.54, 1.807) is 0 Å². The Morgan fingerprint density at radius 3 is 2.82 bits per heavy atom. The highest BCUT2D eigenvalue weighted by atomic mass is 16.5. The van der Waals surface area contributed by atoms with Crippen molar-refractivity contribution in [2.45, 2.75) is 26.3 Å². The Balaban J connectivity index is 2.86. The Bertz CT molecular complexity index is 403. The van der Waals surface area contributed by atoms with Crippen molar-refractivity contribution in [1.82, 2.24) is 9.97 Å². The molecule has 0 bridgehead atoms. The molecule has 0 spiro atoms. The lowest BCUT2D eigenvalue weighted by Crippen LogP contribution is -2.27. The Hall–Kier alpha value is -1.56. The van der Waals surface area contributed by atoms with Gasteiger partial charge in [-0.3, -0.25) is 4.79 Å². The van der Waals surface area contributed by atoms with Crippen LogP contribution in [0, 0.1) is 5.92 Å². The summed E-state index contributed by atoms with van der Waals surface area (Å²) in [5.74, 6) is 0.929. The van der Waals surface area contributed by atoms with E-state index in [0.717, 1.165) is 6.42 Å². The molecule has 17 heavy (non-hydrogen) atoms. The molecule has 0 fully saturated rings. The van der Waals surface area contributed by atoms with Crippen molar-refractivity contribution in [3.63, 3.8) is 0 Å². The molecule has 1 aromatic rings. The first-order valence-corrected chi connectivity index (χ1v) is 5.57. The monoisotopic (exact) mass is 241 g/mol. The van der Waals surface area contributed by atoms with E-state index in [1.165, 1.54) is 13.4 Å². The summed E-state index contributed by atoms with van der Waals surface area (Å²) in [6.07, 6.45) is 2.09. The molecule has 0 saturated heterocycles. The minimum atomic E-state index is -0.341. The van der Waals surface area contributed by atoms with E-state index in [4.69, 9.17) is 4.74 Å². The number of methoxy groups -OCH3 is 1. The van der Waals surface area contributed by atoms with E-state index in [-0.39, 0.29) is 24.0 Å². The number of ether oxygens (including phenoxy) is 1. The van der Waals surface area contributed by atoms with Crippen molar-refractivity contribution in [3.8, 4) is 5.75 Å². The molecule has 1 atom stereocenters. The average molecular weight is 241 g/mol. The lowest BCUT2D eigenvalue weighted by Gasteiger charge is -2.19. The van der Waals surface area contributed by atoms with Crippen LogP contribution >= 0.6 is 0 Å². The number of anilines is 1. The summed E-state index contributed by atoms with van der Waals surface area (Å²) in [6, 6.07) is -0.141. The van der Waals surface area contributed by atoms with E-state index >= 15 is 0 Å². The molecule has 1 heterocycles. The SMILES string of the molecule is COc1c(NC(CO)CC(C)C)nc[nH]c1=O. The molecule has 3 N–H and O–H groups in total. The lowest BCUT2D eigenvalue weighted by atomic mass is 10.0. The van der Waals surface area contributed by atoms with Gasteiger partial charge in [0.05, 0.1) is 26.1 Å². The standard InChI is InChI=1S/C11H19N3O3/c1-7(2)4-8(5-15)14-10-9(17-3)11(16)13-6-12-10/h6-8,15H,4-5H2,1-3H3,(H2,12,13,14,16). The van der Waals surface area contributed by atoms with Crippen molar-refractivity contribution in [3.05, 3.63) is 16.7 Å². The molecular weight excluding hydrogens is 222 g/mol. The molecule has 1 unspecified atom stereocenters. The second-order valence-electron chi connectivity index (χ2n) is 4.27. The van der Waals surface area contributed by atoms with E-state index in [0.29, 0.717) is 11.7 Å². The fourth-order valence-electron chi connectivity index (χ4n) is 1.62. The van der Waals surface area contributed by atoms with E-state index in [9.17, 15) is 9.90 Å². The molecule has 0 aliphatic heterocycles. The summed E-state index contributed by atoms with van der Waals surface area (Å²) in [5, 5.41) is 12.3. The Morgan fingerprint density at radius 1 is 1.59 bits per heavy atom. The molecule has 0 aliphatic carbocycles. The van der Waals surface area contributed by atoms with Gasteiger partial charge >= 0.3 is 0 Å². The van der Waals surface area contributed by atoms with Gasteiger partial charge in [0.15, 0.2) is 5.82 Å². The van der Waals surface area contributed by atoms with Gasteiger partial charge < -0.3 is 20.1 Å². The van der Waals surface area contributed by atoms with E-state index in [2.05, 4.69) is 29.1 Å². The Labute approximate surface area is 100 Å². The predicted molar refractivity (Wildman–Crippen MR) is 65.4 cm³/mol. The third kappa shape index (κ3) is 3.74. The summed E-state index contributed by atoms with van der Waals surface area (Å²) in [6.45, 7) is 4.11. The van der Waals surface area contributed by atoms with E-state index < -0.39 is 0 Å². The molecule has 6 heteroatoms. The largest absolute Gasteiger partial charge is 0.489 e. The van der Waals surface area contributed by atoms with Gasteiger partial charge in [-0.05, 0) is 12.3 Å². The molecular formula is C11H19N3O3. The van der Waals surface area contributed by atoms with Crippen LogP contribution in [0.25, 0.3) is 0 Å². The van der Waals surface area contributed by atoms with Gasteiger partial charge in [-0.1, -0.05) is 13.8 Å². The van der Waals surface area contributed by atoms with Crippen molar-refractivity contribution < 1.29 is 9.84 Å². The van der Waals surface area contributed by atoms with Gasteiger partial charge in [0.25, 0.3) is 5.56 Å². The number of aliphatic hydroxyl groups is 1. The van der Waals surface area contributed by atoms with Crippen LogP contribution in [0.2, 0.25) is 0 Å². The molecule has 0 amide bonds. The molecule has 0 saturated carbocycles. The third-order valence-corrected chi connectivity index (χ3v) is 2.33. The van der Waals surface area contributed by atoms with Crippen LogP contribution < -0.4 is 15.6 Å². The maximum atomic E-state index is 11.4. The van der Waals surface area contributed by atoms with Gasteiger partial charge in [0, 0.05) is 0 Å². The van der Waals surface area contributed by atoms with Crippen LogP contribution in [0.3, 0.4) is 0 Å². The topological polar surface area (TPSA) is 87.2 Å². The zero-order valence-electron chi connectivity index (χ0n) is 10.4. The highest BCUT2D eigenvalue weighted by Crippen LogP contribution is 2.17. The summed E-state index contributed by atoms with van der Waals surface area (Å²) >= 11 is 0. The van der Waals surface area contributed by atoms with Crippen LogP contribution in [0.1, 0.15) is 20.3 Å². The first kappa shape index (κ1) is 13.5. The number of aliphatic hydroxyl groups excluding tert-OH is 1. The normalized spacial score (nSPS) is 12.5. The quantitative estimate of drug-likeness (QED) is 0.678. The zero-order valence-corrected chi connectivity index (χ0v) is 10.4. The number of aromatic amines is 1. The fourth-order valence-corrected chi connectivity index (χ4v) is 1.62. The summed E-state index contributed by atoms with van der Waals surface area (Å²) in [5.41, 5.74) is -0.341. The number of rotatable bonds is 6. The third-order valence-electron chi connectivity index (χ3n) is 2.33. The summed E-state index contributed by atoms with van der Waals surface area (Å²) in [4.78, 5) is 17.9. The van der Waals surface area contributed by atoms with Crippen molar-refractivity contribution in [2.75, 3.05) is 19.0 Å². The van der Waals surface area contributed by atoms with Crippen LogP contribution in [0.4, 0.5) is 5.82 Å². The van der Waals surface area contributed by atoms with Gasteiger partial charge in [0.1, 0.15) is 0 Å². The van der Waals surface area contributed by atoms with Gasteiger partial charge in [-0.15, -0.1) is 0 Å². The number of nitrogens with one attached hydrogen (secondary N) is 2. The van der Waals surface area contributed by atoms with Gasteiger partial charge in [-0.25, -0.2) is 4.98 Å². The van der Waals surface area contributed by atoms with Crippen molar-refractivity contribution in [2.24, 2.45) is 5.92 Å². The van der Waals surface area contributed by atoms with Crippen LogP contribution in [0.15, 0.2) is 11.1 Å². The number of nitrogens with zero attached hydrogens (tertiary/aromatic N) is 1. The number of hydrogen-bond acceptors (Lipinski definition) is 5. The number of aromatic nitrogens is 2. The summed E-state index contributed by atoms with van der Waals surface area (Å²) in [7, 11) is 1.41. The van der Waals surface area contributed by atoms with E-state index in [1.807, 2.05) is 0 Å². The molecule has 1 aromatic heterocycles. The summed E-state index contributed by atoms with van der Waals surface area (Å²) < 4.78 is 4.98. The second-order valence-corrected chi connectivity index (χ2v) is 4.27. The zero-order chi connectivity index (χ0) is 12.8. The lowest BCUT2D eigenvalue weighted by molar-refractivity contribution is 0.258. The van der Waals surface area contributed by atoms with Crippen molar-refractivity contribution >= 4 is 5.82 Å². The molecule has 0 aliphatic rings. The van der Waals surface area contributed by atoms with Crippen molar-refractivity contribution in [1.29, 1.82) is 0 Å². The fraction of sp³-hybridized carbons (Fsp3) is 0.636.